The molecular formula is C19H20BrN. The lowest BCUT2D eigenvalue weighted by Crippen LogP contribution is -2.02. The van der Waals surface area contributed by atoms with E-state index in [-0.39, 0.29) is 0 Å². The zero-order chi connectivity index (χ0) is 15.0. The number of aryl methyl sites for hydroxylation is 1. The van der Waals surface area contributed by atoms with Crippen LogP contribution in [0.4, 0.5) is 0 Å². The molecule has 0 aliphatic carbocycles. The van der Waals surface area contributed by atoms with Gasteiger partial charge in [-0.15, -0.1) is 0 Å². The van der Waals surface area contributed by atoms with Gasteiger partial charge in [0.05, 0.1) is 0 Å². The second kappa shape index (κ2) is 5.69. The minimum Gasteiger partial charge on any atom is -0.340 e. The normalized spacial score (nSPS) is 11.5. The van der Waals surface area contributed by atoms with Crippen LogP contribution in [0.25, 0.3) is 10.9 Å². The fraction of sp³-hybridized carbons (Fsp3) is 0.263. The van der Waals surface area contributed by atoms with Crippen molar-refractivity contribution >= 4 is 26.8 Å². The van der Waals surface area contributed by atoms with E-state index < -0.39 is 0 Å². The summed E-state index contributed by atoms with van der Waals surface area (Å²) in [5.74, 6) is 0.560. The third-order valence-corrected chi connectivity index (χ3v) is 4.83. The lowest BCUT2D eigenvalue weighted by molar-refractivity contribution is 0.797. The molecule has 0 N–H and O–H groups in total. The van der Waals surface area contributed by atoms with E-state index >= 15 is 0 Å². The Bertz CT molecular complexity index is 783. The number of aromatic nitrogens is 1. The molecule has 2 heteroatoms. The van der Waals surface area contributed by atoms with Gasteiger partial charge in [0.25, 0.3) is 0 Å². The number of rotatable bonds is 3. The van der Waals surface area contributed by atoms with E-state index in [1.54, 1.807) is 0 Å². The highest BCUT2D eigenvalue weighted by atomic mass is 79.9. The molecule has 3 rings (SSSR count). The average molecular weight is 342 g/mol. The first-order chi connectivity index (χ1) is 10.1. The molecule has 0 aliphatic heterocycles. The van der Waals surface area contributed by atoms with Gasteiger partial charge in [-0.25, -0.2) is 0 Å². The minimum absolute atomic E-state index is 0.560. The van der Waals surface area contributed by atoms with E-state index in [0.717, 1.165) is 6.54 Å². The van der Waals surface area contributed by atoms with Crippen molar-refractivity contribution in [2.75, 3.05) is 0 Å². The van der Waals surface area contributed by atoms with Crippen molar-refractivity contribution in [2.45, 2.75) is 33.2 Å². The van der Waals surface area contributed by atoms with Crippen LogP contribution in [0.15, 0.2) is 53.0 Å². The second-order valence-corrected chi connectivity index (χ2v) is 6.79. The fourth-order valence-electron chi connectivity index (χ4n) is 2.78. The lowest BCUT2D eigenvalue weighted by Gasteiger charge is -2.13. The van der Waals surface area contributed by atoms with Crippen LogP contribution >= 0.6 is 15.9 Å². The van der Waals surface area contributed by atoms with Crippen LogP contribution in [0.1, 0.15) is 36.6 Å². The van der Waals surface area contributed by atoms with E-state index in [9.17, 15) is 0 Å². The highest BCUT2D eigenvalue weighted by Crippen LogP contribution is 2.26. The molecule has 0 aliphatic rings. The molecule has 108 valence electrons. The summed E-state index contributed by atoms with van der Waals surface area (Å²) in [6.45, 7) is 7.53. The zero-order valence-electron chi connectivity index (χ0n) is 12.7. The average Bonchev–Trinajstić information content (AvgIpc) is 2.77. The van der Waals surface area contributed by atoms with Gasteiger partial charge < -0.3 is 4.57 Å². The summed E-state index contributed by atoms with van der Waals surface area (Å²) >= 11 is 3.74. The van der Waals surface area contributed by atoms with Crippen LogP contribution in [0.5, 0.6) is 0 Å². The Morgan fingerprint density at radius 2 is 1.81 bits per heavy atom. The summed E-state index contributed by atoms with van der Waals surface area (Å²) in [6, 6.07) is 17.6. The monoisotopic (exact) mass is 341 g/mol. The molecule has 3 aromatic rings. The van der Waals surface area contributed by atoms with Crippen molar-refractivity contribution in [3.05, 3.63) is 69.8 Å². The number of benzene rings is 2. The van der Waals surface area contributed by atoms with Crippen molar-refractivity contribution in [3.8, 4) is 0 Å². The first-order valence-electron chi connectivity index (χ1n) is 7.39. The van der Waals surface area contributed by atoms with E-state index in [1.807, 2.05) is 0 Å². The number of halogens is 1. The molecule has 21 heavy (non-hydrogen) atoms. The van der Waals surface area contributed by atoms with E-state index in [0.29, 0.717) is 5.92 Å². The molecule has 0 bridgehead atoms. The third kappa shape index (κ3) is 2.77. The van der Waals surface area contributed by atoms with Gasteiger partial charge in [-0.3, -0.25) is 0 Å². The maximum absolute atomic E-state index is 3.74. The van der Waals surface area contributed by atoms with Crippen molar-refractivity contribution in [2.24, 2.45) is 0 Å². The maximum Gasteiger partial charge on any atom is 0.0489 e. The molecule has 0 unspecified atom stereocenters. The lowest BCUT2D eigenvalue weighted by atomic mass is 10.0. The number of hydrogen-bond donors (Lipinski definition) is 0. The Morgan fingerprint density at radius 1 is 1.05 bits per heavy atom. The second-order valence-electron chi connectivity index (χ2n) is 5.94. The van der Waals surface area contributed by atoms with Gasteiger partial charge in [0, 0.05) is 22.2 Å². The molecular weight excluding hydrogens is 322 g/mol. The number of hydrogen-bond acceptors (Lipinski definition) is 0. The predicted octanol–water partition coefficient (Wildman–Crippen LogP) is 5.88. The molecule has 1 heterocycles. The Hall–Kier alpha value is -1.54. The fourth-order valence-corrected chi connectivity index (χ4v) is 3.30. The van der Waals surface area contributed by atoms with Gasteiger partial charge in [-0.1, -0.05) is 60.1 Å². The van der Waals surface area contributed by atoms with Gasteiger partial charge in [0.2, 0.25) is 0 Å². The smallest absolute Gasteiger partial charge is 0.0489 e. The van der Waals surface area contributed by atoms with Crippen molar-refractivity contribution in [1.29, 1.82) is 0 Å². The molecule has 1 nitrogen and oxygen atoms in total. The molecule has 0 atom stereocenters. The van der Waals surface area contributed by atoms with Gasteiger partial charge in [0.15, 0.2) is 0 Å². The molecule has 1 aromatic heterocycles. The van der Waals surface area contributed by atoms with Gasteiger partial charge in [-0.05, 0) is 47.6 Å². The summed E-state index contributed by atoms with van der Waals surface area (Å²) in [7, 11) is 0. The summed E-state index contributed by atoms with van der Waals surface area (Å²) in [5.41, 5.74) is 5.30. The van der Waals surface area contributed by atoms with Crippen LogP contribution in [0.3, 0.4) is 0 Å². The van der Waals surface area contributed by atoms with Crippen molar-refractivity contribution in [1.82, 2.24) is 4.57 Å². The predicted molar refractivity (Wildman–Crippen MR) is 94.0 cm³/mol. The topological polar surface area (TPSA) is 4.93 Å². The van der Waals surface area contributed by atoms with Gasteiger partial charge >= 0.3 is 0 Å². The van der Waals surface area contributed by atoms with Gasteiger partial charge in [0.1, 0.15) is 0 Å². The Balaban J connectivity index is 2.01. The van der Waals surface area contributed by atoms with Crippen LogP contribution in [0.2, 0.25) is 0 Å². The van der Waals surface area contributed by atoms with Crippen LogP contribution in [-0.2, 0) is 6.54 Å². The van der Waals surface area contributed by atoms with E-state index in [2.05, 4.69) is 89.8 Å². The third-order valence-electron chi connectivity index (χ3n) is 4.09. The van der Waals surface area contributed by atoms with Crippen molar-refractivity contribution < 1.29 is 0 Å². The van der Waals surface area contributed by atoms with Crippen molar-refractivity contribution in [3.63, 3.8) is 0 Å². The first-order valence-corrected chi connectivity index (χ1v) is 8.19. The summed E-state index contributed by atoms with van der Waals surface area (Å²) in [6.07, 6.45) is 0. The Kier molecular flexibility index (Phi) is 3.90. The molecule has 0 fully saturated rings. The van der Waals surface area contributed by atoms with Crippen LogP contribution in [-0.4, -0.2) is 4.57 Å². The van der Waals surface area contributed by atoms with Crippen LogP contribution < -0.4 is 0 Å². The first kappa shape index (κ1) is 14.4. The van der Waals surface area contributed by atoms with Gasteiger partial charge in [-0.2, -0.15) is 0 Å². The van der Waals surface area contributed by atoms with E-state index in [4.69, 9.17) is 0 Å². The zero-order valence-corrected chi connectivity index (χ0v) is 14.3. The molecule has 2 aromatic carbocycles. The molecule has 0 amide bonds. The highest BCUT2D eigenvalue weighted by molar-refractivity contribution is 9.10. The maximum atomic E-state index is 3.74. The molecule has 0 spiro atoms. The van der Waals surface area contributed by atoms with E-state index in [1.165, 1.54) is 32.2 Å². The minimum atomic E-state index is 0.560. The summed E-state index contributed by atoms with van der Waals surface area (Å²) in [4.78, 5) is 0. The highest BCUT2D eigenvalue weighted by Gasteiger charge is 2.09. The summed E-state index contributed by atoms with van der Waals surface area (Å²) in [5, 5.41) is 1.31. The molecule has 0 saturated carbocycles. The number of para-hydroxylation sites is 1. The standard InChI is InChI=1S/C19H20BrN/c1-13(2)15-8-9-17(18(20)11-15)12-21-14(3)10-16-6-4-5-7-19(16)21/h4-11,13H,12H2,1-3H3. The summed E-state index contributed by atoms with van der Waals surface area (Å²) < 4.78 is 3.58. The quantitative estimate of drug-likeness (QED) is 0.560. The SMILES string of the molecule is Cc1cc2ccccc2n1Cc1ccc(C(C)C)cc1Br. The largest absolute Gasteiger partial charge is 0.340 e. The Labute approximate surface area is 134 Å². The molecule has 0 saturated heterocycles. The van der Waals surface area contributed by atoms with Crippen LogP contribution in [0, 0.1) is 6.92 Å². The number of fused-ring (bicyclic) bond motifs is 1. The Morgan fingerprint density at radius 3 is 2.52 bits per heavy atom. The molecule has 0 radical (unpaired) electrons. The number of nitrogens with zero attached hydrogens (tertiary/aromatic N) is 1.